The normalized spacial score (nSPS) is 15.1. The molecule has 4 N–H and O–H groups in total. The van der Waals surface area contributed by atoms with Crippen LogP contribution in [0.15, 0.2) is 23.1 Å². The molecule has 0 aromatic carbocycles. The fourth-order valence-electron chi connectivity index (χ4n) is 3.40. The Hall–Kier alpha value is -3.20. The summed E-state index contributed by atoms with van der Waals surface area (Å²) in [4.78, 5) is 40.4. The molecule has 1 aliphatic carbocycles. The highest BCUT2D eigenvalue weighted by molar-refractivity contribution is 6.05. The first-order chi connectivity index (χ1) is 13.4. The van der Waals surface area contributed by atoms with Gasteiger partial charge in [-0.05, 0) is 42.9 Å². The van der Waals surface area contributed by atoms with Gasteiger partial charge in [-0.15, -0.1) is 0 Å². The van der Waals surface area contributed by atoms with E-state index in [-0.39, 0.29) is 11.0 Å². The molecule has 148 valence electrons. The number of hydrogen-bond acceptors (Lipinski definition) is 6. The van der Waals surface area contributed by atoms with Crippen LogP contribution in [0.25, 0.3) is 16.6 Å². The maximum atomic E-state index is 12.6. The molecule has 2 heterocycles. The molecule has 0 spiro atoms. The summed E-state index contributed by atoms with van der Waals surface area (Å²) in [5, 5.41) is 31.3. The third-order valence-electron chi connectivity index (χ3n) is 4.89. The number of carboxylic acid groups (broad SMARTS) is 1. The van der Waals surface area contributed by atoms with Crippen molar-refractivity contribution in [1.29, 1.82) is 0 Å². The Morgan fingerprint density at radius 2 is 2.11 bits per heavy atom. The predicted octanol–water partition coefficient (Wildman–Crippen LogP) is 0.772. The highest BCUT2D eigenvalue weighted by Gasteiger charge is 2.27. The summed E-state index contributed by atoms with van der Waals surface area (Å²) in [7, 11) is 1.42. The van der Waals surface area contributed by atoms with Crippen molar-refractivity contribution in [2.24, 2.45) is 7.05 Å². The van der Waals surface area contributed by atoms with Crippen molar-refractivity contribution in [1.82, 2.24) is 14.9 Å². The Labute approximate surface area is 159 Å². The highest BCUT2D eigenvalue weighted by atomic mass is 16.4. The average Bonchev–Trinajstić information content (AvgIpc) is 2.70. The van der Waals surface area contributed by atoms with Crippen molar-refractivity contribution in [3.8, 4) is 5.75 Å². The number of allylic oxidation sites excluding steroid dienone is 2. The molecular weight excluding hydrogens is 366 g/mol. The molecule has 9 heteroatoms. The molecule has 0 saturated carbocycles. The van der Waals surface area contributed by atoms with Crippen molar-refractivity contribution in [2.75, 3.05) is 6.61 Å². The molecule has 0 fully saturated rings. The topological polar surface area (TPSA) is 142 Å². The Morgan fingerprint density at radius 3 is 2.71 bits per heavy atom. The average molecular weight is 387 g/mol. The summed E-state index contributed by atoms with van der Waals surface area (Å²) in [6.45, 7) is -0.852. The van der Waals surface area contributed by atoms with E-state index in [1.165, 1.54) is 13.2 Å². The summed E-state index contributed by atoms with van der Waals surface area (Å²) in [6, 6.07) is 0.126. The van der Waals surface area contributed by atoms with Crippen molar-refractivity contribution < 1.29 is 24.9 Å². The van der Waals surface area contributed by atoms with Gasteiger partial charge in [-0.25, -0.2) is 9.78 Å². The van der Waals surface area contributed by atoms with Gasteiger partial charge in [-0.2, -0.15) is 0 Å². The van der Waals surface area contributed by atoms with E-state index in [1.54, 1.807) is 6.07 Å². The second-order valence-electron chi connectivity index (χ2n) is 6.67. The van der Waals surface area contributed by atoms with Gasteiger partial charge in [0.15, 0.2) is 6.04 Å². The first-order valence-corrected chi connectivity index (χ1v) is 8.91. The van der Waals surface area contributed by atoms with Crippen LogP contribution in [0.3, 0.4) is 0 Å². The highest BCUT2D eigenvalue weighted by Crippen LogP contribution is 2.35. The fourth-order valence-corrected chi connectivity index (χ4v) is 3.40. The second-order valence-corrected chi connectivity index (χ2v) is 6.67. The minimum Gasteiger partial charge on any atom is -0.506 e. The number of nitrogens with zero attached hydrogens (tertiary/aromatic N) is 2. The first-order valence-electron chi connectivity index (χ1n) is 8.91. The molecule has 3 rings (SSSR count). The number of aliphatic hydroxyl groups excluding tert-OH is 1. The molecular formula is C19H21N3O6. The number of aryl methyl sites for hydroxylation is 1. The summed E-state index contributed by atoms with van der Waals surface area (Å²) in [5.74, 6) is -3.08. The molecule has 2 aromatic heterocycles. The predicted molar refractivity (Wildman–Crippen MR) is 101 cm³/mol. The third kappa shape index (κ3) is 3.36. The molecule has 0 aliphatic heterocycles. The van der Waals surface area contributed by atoms with Crippen LogP contribution in [-0.4, -0.2) is 49.4 Å². The zero-order valence-corrected chi connectivity index (χ0v) is 15.3. The summed E-state index contributed by atoms with van der Waals surface area (Å²) in [5.41, 5.74) is 0.508. The van der Waals surface area contributed by atoms with E-state index in [0.29, 0.717) is 5.56 Å². The van der Waals surface area contributed by atoms with E-state index in [4.69, 9.17) is 10.2 Å². The fraction of sp³-hybridized carbons (Fsp3) is 0.368. The first kappa shape index (κ1) is 19.6. The van der Waals surface area contributed by atoms with Gasteiger partial charge in [0.25, 0.3) is 11.5 Å². The minimum atomic E-state index is -1.60. The van der Waals surface area contributed by atoms with Crippen LogP contribution < -0.4 is 10.9 Å². The van der Waals surface area contributed by atoms with Crippen LogP contribution in [0.4, 0.5) is 0 Å². The van der Waals surface area contributed by atoms with Gasteiger partial charge in [0.2, 0.25) is 0 Å². The maximum Gasteiger partial charge on any atom is 0.328 e. The van der Waals surface area contributed by atoms with Gasteiger partial charge >= 0.3 is 5.97 Å². The van der Waals surface area contributed by atoms with Gasteiger partial charge in [-0.3, -0.25) is 14.2 Å². The molecule has 1 unspecified atom stereocenters. The summed E-state index contributed by atoms with van der Waals surface area (Å²) in [6.07, 6.45) is 7.37. The van der Waals surface area contributed by atoms with Gasteiger partial charge in [0, 0.05) is 13.2 Å². The number of carbonyl (C=O) groups is 2. The van der Waals surface area contributed by atoms with Crippen molar-refractivity contribution in [2.45, 2.75) is 31.7 Å². The monoisotopic (exact) mass is 387 g/mol. The van der Waals surface area contributed by atoms with E-state index in [0.717, 1.165) is 35.8 Å². The van der Waals surface area contributed by atoms with Crippen LogP contribution in [-0.2, 0) is 11.8 Å². The Balaban J connectivity index is 2.22. The summed E-state index contributed by atoms with van der Waals surface area (Å²) < 4.78 is 1.14. The third-order valence-corrected chi connectivity index (χ3v) is 4.89. The van der Waals surface area contributed by atoms with Crippen molar-refractivity contribution in [3.05, 3.63) is 39.8 Å². The second kappa shape index (κ2) is 7.81. The zero-order chi connectivity index (χ0) is 20.4. The molecule has 0 saturated heterocycles. The number of aromatic hydroxyl groups is 1. The van der Waals surface area contributed by atoms with Gasteiger partial charge in [0.05, 0.1) is 12.0 Å². The lowest BCUT2D eigenvalue weighted by Crippen LogP contribution is -2.45. The molecule has 0 radical (unpaired) electrons. The minimum absolute atomic E-state index is 0.222. The van der Waals surface area contributed by atoms with Gasteiger partial charge < -0.3 is 20.6 Å². The molecule has 1 aliphatic rings. The quantitative estimate of drug-likeness (QED) is 0.594. The number of aliphatic carboxylic acids is 1. The van der Waals surface area contributed by atoms with Gasteiger partial charge in [-0.1, -0.05) is 6.08 Å². The smallest absolute Gasteiger partial charge is 0.328 e. The SMILES string of the molecule is Cn1c(=O)c(C(=O)NC(CO)C(=O)O)c(O)c2c(C3=CCCCC3)ccnc21. The molecule has 1 amide bonds. The number of hydrogen-bond donors (Lipinski definition) is 4. The molecule has 0 bridgehead atoms. The largest absolute Gasteiger partial charge is 0.506 e. The van der Waals surface area contributed by atoms with E-state index < -0.39 is 41.4 Å². The Morgan fingerprint density at radius 1 is 1.36 bits per heavy atom. The zero-order valence-electron chi connectivity index (χ0n) is 15.3. The summed E-state index contributed by atoms with van der Waals surface area (Å²) >= 11 is 0. The lowest BCUT2D eigenvalue weighted by atomic mass is 9.91. The standard InChI is InChI=1S/C19H21N3O6/c1-22-16-13(11(7-8-20-16)10-5-3-2-4-6-10)15(24)14(18(22)26)17(25)21-12(9-23)19(27)28/h5,7-8,12,23-24H,2-4,6,9H2,1H3,(H,21,25)(H,27,28). The van der Waals surface area contributed by atoms with Crippen LogP contribution in [0.1, 0.15) is 41.6 Å². The van der Waals surface area contributed by atoms with E-state index in [9.17, 15) is 19.5 Å². The van der Waals surface area contributed by atoms with Crippen LogP contribution in [0.5, 0.6) is 5.75 Å². The number of aliphatic hydroxyl groups is 1. The van der Waals surface area contributed by atoms with Crippen molar-refractivity contribution >= 4 is 28.5 Å². The Bertz CT molecular complexity index is 1040. The number of pyridine rings is 2. The van der Waals surface area contributed by atoms with Crippen LogP contribution in [0.2, 0.25) is 0 Å². The van der Waals surface area contributed by atoms with Crippen LogP contribution >= 0.6 is 0 Å². The number of carboxylic acids is 1. The lowest BCUT2D eigenvalue weighted by Gasteiger charge is -2.18. The number of nitrogens with one attached hydrogen (secondary N) is 1. The molecule has 2 aromatic rings. The van der Waals surface area contributed by atoms with Crippen LogP contribution in [0, 0.1) is 0 Å². The van der Waals surface area contributed by atoms with E-state index in [2.05, 4.69) is 16.4 Å². The number of amides is 1. The van der Waals surface area contributed by atoms with E-state index in [1.807, 2.05) is 0 Å². The lowest BCUT2D eigenvalue weighted by molar-refractivity contribution is -0.140. The van der Waals surface area contributed by atoms with E-state index >= 15 is 0 Å². The number of fused-ring (bicyclic) bond motifs is 1. The maximum absolute atomic E-state index is 12.6. The molecule has 9 nitrogen and oxygen atoms in total. The van der Waals surface area contributed by atoms with Crippen molar-refractivity contribution in [3.63, 3.8) is 0 Å². The molecule has 1 atom stereocenters. The Kier molecular flexibility index (Phi) is 5.46. The number of rotatable bonds is 5. The number of aromatic nitrogens is 2. The van der Waals surface area contributed by atoms with Gasteiger partial charge in [0.1, 0.15) is 17.0 Å². The molecule has 28 heavy (non-hydrogen) atoms. The number of carbonyl (C=O) groups excluding carboxylic acids is 1.